The van der Waals surface area contributed by atoms with Gasteiger partial charge in [0.15, 0.2) is 0 Å². The predicted octanol–water partition coefficient (Wildman–Crippen LogP) is 4.57. The lowest BCUT2D eigenvalue weighted by molar-refractivity contribution is 0.0943. The van der Waals surface area contributed by atoms with Crippen molar-refractivity contribution >= 4 is 28.9 Å². The summed E-state index contributed by atoms with van der Waals surface area (Å²) in [5.41, 5.74) is 2.62. The molecule has 0 saturated carbocycles. The van der Waals surface area contributed by atoms with Crippen LogP contribution in [0.4, 0.5) is 21.5 Å². The summed E-state index contributed by atoms with van der Waals surface area (Å²) < 4.78 is 25.0. The van der Waals surface area contributed by atoms with Crippen LogP contribution in [0.15, 0.2) is 66.7 Å². The molecule has 9 heteroatoms. The number of carbonyl (C=O) groups is 2. The molecule has 39 heavy (non-hydrogen) atoms. The average Bonchev–Trinajstić information content (AvgIpc) is 2.97. The van der Waals surface area contributed by atoms with Crippen molar-refractivity contribution in [2.24, 2.45) is 0 Å². The van der Waals surface area contributed by atoms with Gasteiger partial charge >= 0.3 is 0 Å². The number of piperazine rings is 1. The molecule has 0 atom stereocenters. The average molecular weight is 535 g/mol. The number of benzene rings is 3. The van der Waals surface area contributed by atoms with Crippen LogP contribution >= 0.6 is 0 Å². The Morgan fingerprint density at radius 3 is 2.28 bits per heavy atom. The highest BCUT2D eigenvalue weighted by molar-refractivity contribution is 6.06. The maximum absolute atomic E-state index is 14.1. The summed E-state index contributed by atoms with van der Waals surface area (Å²) in [4.78, 5) is 30.4. The second-order valence-electron chi connectivity index (χ2n) is 9.12. The van der Waals surface area contributed by atoms with Gasteiger partial charge in [-0.25, -0.2) is 4.39 Å². The van der Waals surface area contributed by atoms with Gasteiger partial charge in [-0.05, 0) is 55.8 Å². The molecule has 0 bridgehead atoms. The van der Waals surface area contributed by atoms with E-state index in [0.717, 1.165) is 30.2 Å². The van der Waals surface area contributed by atoms with Crippen molar-refractivity contribution in [3.8, 4) is 5.75 Å². The molecule has 8 nitrogen and oxygen atoms in total. The molecule has 0 spiro atoms. The summed E-state index contributed by atoms with van der Waals surface area (Å²) in [5, 5.41) is 5.69. The molecule has 2 N–H and O–H groups in total. The Labute approximate surface area is 228 Å². The van der Waals surface area contributed by atoms with E-state index in [2.05, 4.69) is 20.4 Å². The maximum atomic E-state index is 14.1. The Kier molecular flexibility index (Phi) is 9.74. The van der Waals surface area contributed by atoms with Crippen molar-refractivity contribution in [3.63, 3.8) is 0 Å². The van der Waals surface area contributed by atoms with Gasteiger partial charge in [0.25, 0.3) is 11.8 Å². The molecule has 4 rings (SSSR count). The van der Waals surface area contributed by atoms with E-state index in [1.165, 1.54) is 18.2 Å². The lowest BCUT2D eigenvalue weighted by atomic mass is 10.1. The maximum Gasteiger partial charge on any atom is 0.258 e. The standard InChI is InChI=1S/C30H35FN4O4/c1-3-39-20-8-15-32-29(36)24-21-22(33-30(37)23-9-4-5-10-25(23)31)13-14-26(24)34-16-18-35(19-17-34)27-11-6-7-12-28(27)38-2/h4-7,9-14,21H,3,8,15-20H2,1-2H3,(H,32,36)(H,33,37). The Balaban J connectivity index is 1.52. The highest BCUT2D eigenvalue weighted by Gasteiger charge is 2.24. The summed E-state index contributed by atoms with van der Waals surface area (Å²) >= 11 is 0. The highest BCUT2D eigenvalue weighted by atomic mass is 19.1. The molecule has 1 heterocycles. The first-order valence-corrected chi connectivity index (χ1v) is 13.2. The van der Waals surface area contributed by atoms with Crippen LogP contribution in [-0.4, -0.2) is 64.9 Å². The number of halogens is 1. The van der Waals surface area contributed by atoms with Gasteiger partial charge in [-0.3, -0.25) is 9.59 Å². The van der Waals surface area contributed by atoms with Crippen LogP contribution in [0, 0.1) is 5.82 Å². The SMILES string of the molecule is CCOCCCNC(=O)c1cc(NC(=O)c2ccccc2F)ccc1N1CCN(c2ccccc2OC)CC1. The van der Waals surface area contributed by atoms with E-state index in [9.17, 15) is 14.0 Å². The highest BCUT2D eigenvalue weighted by Crippen LogP contribution is 2.31. The third kappa shape index (κ3) is 7.06. The Morgan fingerprint density at radius 2 is 1.56 bits per heavy atom. The van der Waals surface area contributed by atoms with Crippen LogP contribution in [0.1, 0.15) is 34.1 Å². The zero-order chi connectivity index (χ0) is 27.6. The fraction of sp³-hybridized carbons (Fsp3) is 0.333. The zero-order valence-corrected chi connectivity index (χ0v) is 22.4. The number of amides is 2. The van der Waals surface area contributed by atoms with Crippen LogP contribution in [-0.2, 0) is 4.74 Å². The fourth-order valence-electron chi connectivity index (χ4n) is 4.61. The largest absolute Gasteiger partial charge is 0.495 e. The van der Waals surface area contributed by atoms with Gasteiger partial charge in [0, 0.05) is 57.3 Å². The summed E-state index contributed by atoms with van der Waals surface area (Å²) in [6.45, 7) is 6.48. The van der Waals surface area contributed by atoms with Gasteiger partial charge < -0.3 is 29.9 Å². The minimum absolute atomic E-state index is 0.0593. The van der Waals surface area contributed by atoms with Gasteiger partial charge in [0.1, 0.15) is 11.6 Å². The molecule has 0 aliphatic carbocycles. The number of para-hydroxylation sites is 2. The van der Waals surface area contributed by atoms with Crippen LogP contribution in [0.25, 0.3) is 0 Å². The normalized spacial score (nSPS) is 13.2. The van der Waals surface area contributed by atoms with Crippen molar-refractivity contribution in [2.45, 2.75) is 13.3 Å². The number of ether oxygens (including phenoxy) is 2. The van der Waals surface area contributed by atoms with Crippen LogP contribution in [0.5, 0.6) is 5.75 Å². The van der Waals surface area contributed by atoms with Crippen molar-refractivity contribution in [1.29, 1.82) is 0 Å². The van der Waals surface area contributed by atoms with E-state index >= 15 is 0 Å². The minimum atomic E-state index is -0.605. The molecule has 0 unspecified atom stereocenters. The number of rotatable bonds is 11. The Hall–Kier alpha value is -4.11. The number of hydrogen-bond acceptors (Lipinski definition) is 6. The van der Waals surface area contributed by atoms with Crippen molar-refractivity contribution in [3.05, 3.63) is 83.7 Å². The smallest absolute Gasteiger partial charge is 0.258 e. The lowest BCUT2D eigenvalue weighted by Crippen LogP contribution is -2.47. The van der Waals surface area contributed by atoms with Crippen LogP contribution < -0.4 is 25.2 Å². The molecule has 206 valence electrons. The number of nitrogens with zero attached hydrogens (tertiary/aromatic N) is 2. The van der Waals surface area contributed by atoms with E-state index < -0.39 is 11.7 Å². The van der Waals surface area contributed by atoms with Crippen LogP contribution in [0.3, 0.4) is 0 Å². The van der Waals surface area contributed by atoms with Gasteiger partial charge in [0.05, 0.1) is 23.9 Å². The molecule has 2 amide bonds. The Bertz CT molecular complexity index is 1280. The monoisotopic (exact) mass is 534 g/mol. The first kappa shape index (κ1) is 27.9. The summed E-state index contributed by atoms with van der Waals surface area (Å²) in [6.07, 6.45) is 0.691. The molecule has 0 aromatic heterocycles. The summed E-state index contributed by atoms with van der Waals surface area (Å²) in [5.74, 6) is -0.593. The van der Waals surface area contributed by atoms with Gasteiger partial charge in [0.2, 0.25) is 0 Å². The summed E-state index contributed by atoms with van der Waals surface area (Å²) in [7, 11) is 1.67. The topological polar surface area (TPSA) is 83.1 Å². The lowest BCUT2D eigenvalue weighted by Gasteiger charge is -2.38. The number of nitrogens with one attached hydrogen (secondary N) is 2. The second kappa shape index (κ2) is 13.6. The van der Waals surface area contributed by atoms with Crippen LogP contribution in [0.2, 0.25) is 0 Å². The number of carbonyl (C=O) groups excluding carboxylic acids is 2. The van der Waals surface area contributed by atoms with Gasteiger partial charge in [-0.15, -0.1) is 0 Å². The second-order valence-corrected chi connectivity index (χ2v) is 9.12. The molecule has 1 fully saturated rings. The van der Waals surface area contributed by atoms with E-state index in [0.29, 0.717) is 50.5 Å². The van der Waals surface area contributed by atoms with Crippen molar-refractivity contribution in [2.75, 3.05) is 68.2 Å². The van der Waals surface area contributed by atoms with E-state index in [4.69, 9.17) is 9.47 Å². The van der Waals surface area contributed by atoms with Gasteiger partial charge in [-0.1, -0.05) is 24.3 Å². The first-order valence-electron chi connectivity index (χ1n) is 13.2. The number of anilines is 3. The van der Waals surface area contributed by atoms with Crippen molar-refractivity contribution < 1.29 is 23.5 Å². The van der Waals surface area contributed by atoms with Gasteiger partial charge in [-0.2, -0.15) is 0 Å². The molecule has 0 radical (unpaired) electrons. The van der Waals surface area contributed by atoms with E-state index in [1.807, 2.05) is 37.3 Å². The van der Waals surface area contributed by atoms with E-state index in [-0.39, 0.29) is 11.5 Å². The van der Waals surface area contributed by atoms with E-state index in [1.54, 1.807) is 25.3 Å². The third-order valence-corrected chi connectivity index (χ3v) is 6.62. The predicted molar refractivity (Wildman–Crippen MR) is 152 cm³/mol. The molecule has 3 aromatic carbocycles. The minimum Gasteiger partial charge on any atom is -0.495 e. The quantitative estimate of drug-likeness (QED) is 0.351. The first-order chi connectivity index (χ1) is 19.0. The molecule has 1 saturated heterocycles. The number of hydrogen-bond donors (Lipinski definition) is 2. The summed E-state index contributed by atoms with van der Waals surface area (Å²) in [6, 6.07) is 19.0. The molecule has 1 aliphatic rings. The molecular formula is C30H35FN4O4. The van der Waals surface area contributed by atoms with Crippen molar-refractivity contribution in [1.82, 2.24) is 5.32 Å². The molecule has 3 aromatic rings. The zero-order valence-electron chi connectivity index (χ0n) is 22.4. The number of methoxy groups -OCH3 is 1. The Morgan fingerprint density at radius 1 is 0.872 bits per heavy atom. The third-order valence-electron chi connectivity index (χ3n) is 6.62. The molecule has 1 aliphatic heterocycles. The fourth-order valence-corrected chi connectivity index (χ4v) is 4.61. The molecular weight excluding hydrogens is 499 g/mol.